The van der Waals surface area contributed by atoms with Crippen LogP contribution >= 0.6 is 0 Å². The molecule has 0 fully saturated rings. The van der Waals surface area contributed by atoms with Crippen molar-refractivity contribution >= 4 is 17.9 Å². The fourth-order valence-corrected chi connectivity index (χ4v) is 8.64. The molecule has 0 radical (unpaired) electrons. The summed E-state index contributed by atoms with van der Waals surface area (Å²) in [5, 5.41) is 0. The van der Waals surface area contributed by atoms with Crippen LogP contribution in [0.5, 0.6) is 0 Å². The molecule has 0 aromatic rings. The summed E-state index contributed by atoms with van der Waals surface area (Å²) in [6, 6.07) is 0. The molecule has 0 saturated heterocycles. The van der Waals surface area contributed by atoms with Gasteiger partial charge in [-0.25, -0.2) is 0 Å². The molecule has 0 aliphatic carbocycles. The molecule has 0 aromatic heterocycles. The third-order valence-corrected chi connectivity index (χ3v) is 12.8. The number of hydrogen-bond donors (Lipinski definition) is 0. The number of nitrogens with zero attached hydrogens (tertiary/aromatic N) is 1. The maximum absolute atomic E-state index is 13.2. The van der Waals surface area contributed by atoms with E-state index in [1.807, 2.05) is 0 Å². The molecule has 0 unspecified atom stereocenters. The molecule has 0 heterocycles. The van der Waals surface area contributed by atoms with Crippen molar-refractivity contribution in [3.63, 3.8) is 0 Å². The van der Waals surface area contributed by atoms with Gasteiger partial charge in [-0.15, -0.1) is 0 Å². The lowest BCUT2D eigenvalue weighted by Gasteiger charge is -2.19. The van der Waals surface area contributed by atoms with Crippen molar-refractivity contribution in [2.24, 2.45) is 17.8 Å². The van der Waals surface area contributed by atoms with Gasteiger partial charge in [0.2, 0.25) is 0 Å². The Kier molecular flexibility index (Phi) is 44.2. The van der Waals surface area contributed by atoms with Crippen LogP contribution in [-0.2, 0) is 28.6 Å². The lowest BCUT2D eigenvalue weighted by Crippen LogP contribution is -2.26. The van der Waals surface area contributed by atoms with Crippen molar-refractivity contribution in [1.82, 2.24) is 4.90 Å². The molecule has 0 spiro atoms. The fraction of sp³-hybridized carbons (Fsp3) is 0.943. The Labute approximate surface area is 373 Å². The molecule has 7 heteroatoms. The van der Waals surface area contributed by atoms with E-state index in [9.17, 15) is 14.4 Å². The minimum Gasteiger partial charge on any atom is -0.466 e. The van der Waals surface area contributed by atoms with Gasteiger partial charge in [0.1, 0.15) is 0 Å². The fourth-order valence-electron chi connectivity index (χ4n) is 8.64. The Morgan fingerprint density at radius 1 is 0.367 bits per heavy atom. The van der Waals surface area contributed by atoms with E-state index in [0.29, 0.717) is 44.5 Å². The molecular weight excluding hydrogens is 747 g/mol. The number of esters is 3. The Morgan fingerprint density at radius 2 is 0.683 bits per heavy atom. The largest absolute Gasteiger partial charge is 0.466 e. The standard InChI is InChI=1S/C53H103NO6/c1-7-13-27-36-48(37-28-14-8-2)46-51(55)58-43-33-25-21-17-19-23-31-40-50(53(57)60-45-35-42-54(11-5)12-6)41-32-24-20-18-22-26-34-44-59-52(56)47-49(38-29-15-9-3)39-30-16-10-4/h48-50H,7-47H2,1-6H3. The van der Waals surface area contributed by atoms with E-state index < -0.39 is 0 Å². The Balaban J connectivity index is 4.37. The summed E-state index contributed by atoms with van der Waals surface area (Å²) >= 11 is 0. The van der Waals surface area contributed by atoms with Crippen molar-refractivity contribution in [3.05, 3.63) is 0 Å². The summed E-state index contributed by atoms with van der Waals surface area (Å²) in [6.07, 6.45) is 39.2. The maximum Gasteiger partial charge on any atom is 0.308 e. The predicted octanol–water partition coefficient (Wildman–Crippen LogP) is 15.5. The van der Waals surface area contributed by atoms with Gasteiger partial charge in [0.25, 0.3) is 0 Å². The first-order valence-corrected chi connectivity index (χ1v) is 26.5. The minimum atomic E-state index is 0.00518. The van der Waals surface area contributed by atoms with Crippen molar-refractivity contribution < 1.29 is 28.6 Å². The number of rotatable bonds is 47. The highest BCUT2D eigenvalue weighted by Gasteiger charge is 2.20. The number of carbonyl (C=O) groups excluding carboxylic acids is 3. The molecular formula is C53H103NO6. The van der Waals surface area contributed by atoms with Gasteiger partial charge in [-0.05, 0) is 82.7 Å². The third kappa shape index (κ3) is 38.1. The molecule has 0 aliphatic heterocycles. The van der Waals surface area contributed by atoms with Crippen LogP contribution < -0.4 is 0 Å². The third-order valence-electron chi connectivity index (χ3n) is 12.8. The van der Waals surface area contributed by atoms with E-state index in [-0.39, 0.29) is 23.8 Å². The lowest BCUT2D eigenvalue weighted by molar-refractivity contribution is -0.149. The minimum absolute atomic E-state index is 0.00518. The highest BCUT2D eigenvalue weighted by molar-refractivity contribution is 5.72. The summed E-state index contributed by atoms with van der Waals surface area (Å²) in [7, 11) is 0. The molecule has 60 heavy (non-hydrogen) atoms. The molecule has 0 amide bonds. The molecule has 0 N–H and O–H groups in total. The van der Waals surface area contributed by atoms with Gasteiger partial charge in [0.15, 0.2) is 0 Å². The second-order valence-electron chi connectivity index (χ2n) is 18.3. The molecule has 7 nitrogen and oxygen atoms in total. The van der Waals surface area contributed by atoms with Gasteiger partial charge in [-0.1, -0.05) is 196 Å². The second kappa shape index (κ2) is 45.4. The first kappa shape index (κ1) is 58.4. The van der Waals surface area contributed by atoms with E-state index in [1.54, 1.807) is 0 Å². The summed E-state index contributed by atoms with van der Waals surface area (Å²) in [6.45, 7) is 18.0. The van der Waals surface area contributed by atoms with Gasteiger partial charge in [0, 0.05) is 19.4 Å². The lowest BCUT2D eigenvalue weighted by atomic mass is 9.92. The predicted molar refractivity (Wildman–Crippen MR) is 255 cm³/mol. The van der Waals surface area contributed by atoms with Crippen molar-refractivity contribution in [3.8, 4) is 0 Å². The number of unbranched alkanes of at least 4 members (excludes halogenated alkanes) is 20. The first-order chi connectivity index (χ1) is 29.3. The molecule has 0 bridgehead atoms. The molecule has 0 atom stereocenters. The average molecular weight is 850 g/mol. The molecule has 0 saturated carbocycles. The monoisotopic (exact) mass is 850 g/mol. The molecule has 0 aliphatic rings. The average Bonchev–Trinajstić information content (AvgIpc) is 3.24. The molecule has 356 valence electrons. The summed E-state index contributed by atoms with van der Waals surface area (Å²) in [5.41, 5.74) is 0. The number of hydrogen-bond acceptors (Lipinski definition) is 7. The highest BCUT2D eigenvalue weighted by atomic mass is 16.5. The van der Waals surface area contributed by atoms with Crippen molar-refractivity contribution in [1.29, 1.82) is 0 Å². The topological polar surface area (TPSA) is 82.1 Å². The Bertz CT molecular complexity index is 860. The number of ether oxygens (including phenoxy) is 3. The van der Waals surface area contributed by atoms with E-state index in [1.165, 1.54) is 116 Å². The Hall–Kier alpha value is -1.63. The van der Waals surface area contributed by atoms with Gasteiger partial charge in [-0.2, -0.15) is 0 Å². The quantitative estimate of drug-likeness (QED) is 0.0343. The molecule has 0 aromatic carbocycles. The van der Waals surface area contributed by atoms with Crippen molar-refractivity contribution in [2.75, 3.05) is 39.5 Å². The van der Waals surface area contributed by atoms with E-state index in [2.05, 4.69) is 46.4 Å². The maximum atomic E-state index is 13.2. The zero-order valence-electron chi connectivity index (χ0n) is 41.1. The van der Waals surface area contributed by atoms with E-state index in [0.717, 1.165) is 116 Å². The van der Waals surface area contributed by atoms with Gasteiger partial charge >= 0.3 is 17.9 Å². The van der Waals surface area contributed by atoms with Crippen LogP contribution in [0.2, 0.25) is 0 Å². The van der Waals surface area contributed by atoms with Gasteiger partial charge < -0.3 is 19.1 Å². The van der Waals surface area contributed by atoms with Crippen LogP contribution in [0, 0.1) is 17.8 Å². The summed E-state index contributed by atoms with van der Waals surface area (Å²) < 4.78 is 17.1. The van der Waals surface area contributed by atoms with Crippen LogP contribution in [0.3, 0.4) is 0 Å². The summed E-state index contributed by atoms with van der Waals surface area (Å²) in [4.78, 5) is 40.6. The van der Waals surface area contributed by atoms with Crippen LogP contribution in [0.4, 0.5) is 0 Å². The van der Waals surface area contributed by atoms with Gasteiger partial charge in [0.05, 0.1) is 25.7 Å². The Morgan fingerprint density at radius 3 is 1.03 bits per heavy atom. The smallest absolute Gasteiger partial charge is 0.308 e. The van der Waals surface area contributed by atoms with Crippen molar-refractivity contribution in [2.45, 2.75) is 266 Å². The first-order valence-electron chi connectivity index (χ1n) is 26.5. The molecule has 0 rings (SSSR count). The van der Waals surface area contributed by atoms with Crippen LogP contribution in [-0.4, -0.2) is 62.3 Å². The highest BCUT2D eigenvalue weighted by Crippen LogP contribution is 2.24. The normalized spacial score (nSPS) is 11.7. The van der Waals surface area contributed by atoms with E-state index >= 15 is 0 Å². The number of carbonyl (C=O) groups is 3. The van der Waals surface area contributed by atoms with Gasteiger partial charge in [-0.3, -0.25) is 14.4 Å². The SMILES string of the molecule is CCCCCC(CCCCC)CC(=O)OCCCCCCCCCC(CCCCCCCCCOC(=O)CC(CCCCC)CCCCC)C(=O)OCCCN(CC)CC. The van der Waals surface area contributed by atoms with Crippen LogP contribution in [0.15, 0.2) is 0 Å². The van der Waals surface area contributed by atoms with Crippen LogP contribution in [0.1, 0.15) is 266 Å². The van der Waals surface area contributed by atoms with Crippen LogP contribution in [0.25, 0.3) is 0 Å². The zero-order chi connectivity index (χ0) is 44.2. The summed E-state index contributed by atoms with van der Waals surface area (Å²) in [5.74, 6) is 1.02. The zero-order valence-corrected chi connectivity index (χ0v) is 41.1. The van der Waals surface area contributed by atoms with E-state index in [4.69, 9.17) is 14.2 Å². The second-order valence-corrected chi connectivity index (χ2v) is 18.3.